The zero-order valence-electron chi connectivity index (χ0n) is 18.3. The summed E-state index contributed by atoms with van der Waals surface area (Å²) >= 11 is 0. The Hall–Kier alpha value is -2.87. The second-order valence-electron chi connectivity index (χ2n) is 8.59. The first kappa shape index (κ1) is 20.1. The molecule has 5 rings (SSSR count). The smallest absolute Gasteiger partial charge is 0.258 e. The number of anilines is 2. The second kappa shape index (κ2) is 8.34. The monoisotopic (exact) mass is 421 g/mol. The van der Waals surface area contributed by atoms with E-state index in [4.69, 9.17) is 20.4 Å². The molecule has 1 saturated heterocycles. The van der Waals surface area contributed by atoms with Crippen molar-refractivity contribution in [1.29, 1.82) is 0 Å². The number of hydrogen-bond acceptors (Lipinski definition) is 7. The standard InChI is InChI=1S/C23H31N7O/c1-3-30-16(13-18(24)17-10-6-5-9-15(17)2)14-31-23-22(30)26-20-19(25-23)21(28-27-20)29-11-7-4-8-12-29/h5-6,9-10,16,18H,3-4,7-8,11-14,24H2,1-2H3,(H,26,27,28)/t16-,18+/m1/s1. The molecule has 0 saturated carbocycles. The lowest BCUT2D eigenvalue weighted by Gasteiger charge is -2.37. The fourth-order valence-corrected chi connectivity index (χ4v) is 4.88. The summed E-state index contributed by atoms with van der Waals surface area (Å²) in [5.74, 6) is 2.26. The van der Waals surface area contributed by atoms with Crippen LogP contribution in [0.15, 0.2) is 24.3 Å². The van der Waals surface area contributed by atoms with Crippen LogP contribution >= 0.6 is 0 Å². The van der Waals surface area contributed by atoms with E-state index in [1.165, 1.54) is 30.4 Å². The number of benzene rings is 1. The number of H-pyrrole nitrogens is 1. The number of nitrogens with one attached hydrogen (secondary N) is 1. The zero-order chi connectivity index (χ0) is 21.4. The molecule has 1 fully saturated rings. The van der Waals surface area contributed by atoms with Crippen LogP contribution in [-0.2, 0) is 0 Å². The molecular weight excluding hydrogens is 390 g/mol. The molecule has 31 heavy (non-hydrogen) atoms. The lowest BCUT2D eigenvalue weighted by atomic mass is 9.95. The quantitative estimate of drug-likeness (QED) is 0.652. The number of aryl methyl sites for hydroxylation is 1. The molecule has 3 N–H and O–H groups in total. The van der Waals surface area contributed by atoms with Crippen molar-refractivity contribution in [3.05, 3.63) is 35.4 Å². The maximum atomic E-state index is 6.60. The van der Waals surface area contributed by atoms with Gasteiger partial charge in [0.2, 0.25) is 0 Å². The maximum absolute atomic E-state index is 6.60. The van der Waals surface area contributed by atoms with E-state index in [-0.39, 0.29) is 12.1 Å². The van der Waals surface area contributed by atoms with Crippen LogP contribution in [0.25, 0.3) is 11.2 Å². The number of rotatable bonds is 5. The highest BCUT2D eigenvalue weighted by atomic mass is 16.5. The van der Waals surface area contributed by atoms with Crippen LogP contribution in [0.1, 0.15) is 49.8 Å². The van der Waals surface area contributed by atoms with Crippen molar-refractivity contribution in [2.75, 3.05) is 36.0 Å². The molecule has 0 bridgehead atoms. The average molecular weight is 422 g/mol. The van der Waals surface area contributed by atoms with Crippen molar-refractivity contribution in [3.63, 3.8) is 0 Å². The molecule has 0 amide bonds. The average Bonchev–Trinajstić information content (AvgIpc) is 3.21. The predicted molar refractivity (Wildman–Crippen MR) is 123 cm³/mol. The van der Waals surface area contributed by atoms with Gasteiger partial charge in [-0.1, -0.05) is 24.3 Å². The molecule has 2 atom stereocenters. The summed E-state index contributed by atoms with van der Waals surface area (Å²) in [6, 6.07) is 8.41. The van der Waals surface area contributed by atoms with Crippen LogP contribution in [0, 0.1) is 6.92 Å². The molecule has 4 heterocycles. The molecule has 8 nitrogen and oxygen atoms in total. The van der Waals surface area contributed by atoms with E-state index >= 15 is 0 Å². The lowest BCUT2D eigenvalue weighted by Crippen LogP contribution is -2.45. The molecule has 0 unspecified atom stereocenters. The van der Waals surface area contributed by atoms with Crippen LogP contribution < -0.4 is 20.3 Å². The Kier molecular flexibility index (Phi) is 5.40. The largest absolute Gasteiger partial charge is 0.473 e. The number of aromatic amines is 1. The van der Waals surface area contributed by atoms with Crippen LogP contribution in [0.5, 0.6) is 5.88 Å². The Morgan fingerprint density at radius 3 is 2.74 bits per heavy atom. The van der Waals surface area contributed by atoms with Crippen LogP contribution in [-0.4, -0.2) is 52.4 Å². The van der Waals surface area contributed by atoms with Gasteiger partial charge in [0.15, 0.2) is 22.8 Å². The van der Waals surface area contributed by atoms with E-state index in [2.05, 4.69) is 46.0 Å². The number of aromatic nitrogens is 4. The van der Waals surface area contributed by atoms with Gasteiger partial charge in [0, 0.05) is 25.7 Å². The maximum Gasteiger partial charge on any atom is 0.258 e. The summed E-state index contributed by atoms with van der Waals surface area (Å²) in [5, 5.41) is 7.64. The molecule has 2 aliphatic rings. The molecule has 0 spiro atoms. The Morgan fingerprint density at radius 1 is 1.16 bits per heavy atom. The van der Waals surface area contributed by atoms with E-state index in [0.29, 0.717) is 18.1 Å². The summed E-state index contributed by atoms with van der Waals surface area (Å²) in [6.07, 6.45) is 4.45. The minimum Gasteiger partial charge on any atom is -0.473 e. The van der Waals surface area contributed by atoms with Crippen molar-refractivity contribution in [2.24, 2.45) is 5.73 Å². The Morgan fingerprint density at radius 2 is 1.97 bits per heavy atom. The van der Waals surface area contributed by atoms with Gasteiger partial charge in [-0.15, -0.1) is 0 Å². The number of fused-ring (bicyclic) bond motifs is 2. The number of piperidine rings is 1. The summed E-state index contributed by atoms with van der Waals surface area (Å²) in [5.41, 5.74) is 10.5. The van der Waals surface area contributed by atoms with Gasteiger partial charge >= 0.3 is 0 Å². The highest BCUT2D eigenvalue weighted by molar-refractivity contribution is 5.85. The molecule has 2 aliphatic heterocycles. The molecule has 0 aliphatic carbocycles. The van der Waals surface area contributed by atoms with Gasteiger partial charge in [-0.25, -0.2) is 9.97 Å². The third-order valence-electron chi connectivity index (χ3n) is 6.56. The highest BCUT2D eigenvalue weighted by Gasteiger charge is 2.32. The van der Waals surface area contributed by atoms with Gasteiger partial charge < -0.3 is 20.3 Å². The first-order valence-electron chi connectivity index (χ1n) is 11.4. The van der Waals surface area contributed by atoms with Gasteiger partial charge in [-0.2, -0.15) is 5.10 Å². The van der Waals surface area contributed by atoms with E-state index in [1.807, 2.05) is 12.1 Å². The predicted octanol–water partition coefficient (Wildman–Crippen LogP) is 3.33. The molecule has 164 valence electrons. The molecule has 0 radical (unpaired) electrons. The zero-order valence-corrected chi connectivity index (χ0v) is 18.3. The Balaban J connectivity index is 1.42. The first-order chi connectivity index (χ1) is 15.2. The number of nitrogens with zero attached hydrogens (tertiary/aromatic N) is 5. The second-order valence-corrected chi connectivity index (χ2v) is 8.59. The van der Waals surface area contributed by atoms with Gasteiger partial charge in [0.1, 0.15) is 6.61 Å². The van der Waals surface area contributed by atoms with Crippen molar-refractivity contribution in [2.45, 2.75) is 51.6 Å². The summed E-state index contributed by atoms with van der Waals surface area (Å²) in [7, 11) is 0. The van der Waals surface area contributed by atoms with E-state index in [1.54, 1.807) is 0 Å². The Labute approximate surface area is 182 Å². The van der Waals surface area contributed by atoms with Crippen molar-refractivity contribution in [1.82, 2.24) is 20.2 Å². The molecule has 8 heteroatoms. The van der Waals surface area contributed by atoms with E-state index in [9.17, 15) is 0 Å². The molecule has 3 aromatic rings. The van der Waals surface area contributed by atoms with E-state index < -0.39 is 0 Å². The Bertz CT molecular complexity index is 1060. The van der Waals surface area contributed by atoms with Crippen molar-refractivity contribution in [3.8, 4) is 5.88 Å². The minimum atomic E-state index is -0.0556. The SMILES string of the molecule is CCN1c2nc3[nH]nc(N4CCCCC4)c3nc2OC[C@H]1C[C@H](N)c1ccccc1C. The van der Waals surface area contributed by atoms with Gasteiger partial charge in [-0.05, 0) is 50.7 Å². The third kappa shape index (κ3) is 3.69. The van der Waals surface area contributed by atoms with Gasteiger partial charge in [0.25, 0.3) is 5.88 Å². The topological polar surface area (TPSA) is 96.2 Å². The number of hydrogen-bond donors (Lipinski definition) is 2. The summed E-state index contributed by atoms with van der Waals surface area (Å²) in [6.45, 7) is 7.64. The van der Waals surface area contributed by atoms with Crippen molar-refractivity contribution >= 4 is 22.8 Å². The number of ether oxygens (including phenoxy) is 1. The molecule has 2 aromatic heterocycles. The van der Waals surface area contributed by atoms with E-state index in [0.717, 1.165) is 43.2 Å². The van der Waals surface area contributed by atoms with Crippen LogP contribution in [0.2, 0.25) is 0 Å². The molecular formula is C23H31N7O. The number of nitrogens with two attached hydrogens (primary N) is 1. The van der Waals surface area contributed by atoms with Gasteiger partial charge in [0.05, 0.1) is 6.04 Å². The number of likely N-dealkylation sites (N-methyl/N-ethyl adjacent to an activating group) is 1. The summed E-state index contributed by atoms with van der Waals surface area (Å²) in [4.78, 5) is 14.3. The highest BCUT2D eigenvalue weighted by Crippen LogP contribution is 2.36. The van der Waals surface area contributed by atoms with Crippen LogP contribution in [0.4, 0.5) is 11.6 Å². The van der Waals surface area contributed by atoms with Crippen LogP contribution in [0.3, 0.4) is 0 Å². The fraction of sp³-hybridized carbons (Fsp3) is 0.522. The molecule has 1 aromatic carbocycles. The van der Waals surface area contributed by atoms with Gasteiger partial charge in [-0.3, -0.25) is 5.10 Å². The minimum absolute atomic E-state index is 0.0556. The summed E-state index contributed by atoms with van der Waals surface area (Å²) < 4.78 is 6.12. The first-order valence-corrected chi connectivity index (χ1v) is 11.4. The third-order valence-corrected chi connectivity index (χ3v) is 6.56. The lowest BCUT2D eigenvalue weighted by molar-refractivity contribution is 0.239. The van der Waals surface area contributed by atoms with Crippen molar-refractivity contribution < 1.29 is 4.74 Å². The fourth-order valence-electron chi connectivity index (χ4n) is 4.88. The normalized spacial score (nSPS) is 19.9.